The standard InChI is InChI=1S/C11H20FNO3/c1-11(2,3)16-10(15)13-6-4-8(12)9(14)5-7-13/h8-9,14H,4-7H2,1-3H3/t8-,9-/m1/s1. The molecule has 0 aromatic heterocycles. The number of carbonyl (C=O) groups excluding carboxylic acids is 1. The Labute approximate surface area is 95.4 Å². The second-order valence-corrected chi connectivity index (χ2v) is 5.13. The molecule has 1 saturated heterocycles. The van der Waals surface area contributed by atoms with Crippen LogP contribution in [0.4, 0.5) is 9.18 Å². The zero-order valence-corrected chi connectivity index (χ0v) is 10.1. The van der Waals surface area contributed by atoms with Crippen LogP contribution in [0, 0.1) is 0 Å². The van der Waals surface area contributed by atoms with Gasteiger partial charge in [0.15, 0.2) is 0 Å². The average Bonchev–Trinajstić information content (AvgIpc) is 2.28. The fourth-order valence-corrected chi connectivity index (χ4v) is 1.56. The summed E-state index contributed by atoms with van der Waals surface area (Å²) >= 11 is 0. The number of aliphatic hydroxyl groups is 1. The molecule has 1 amide bonds. The largest absolute Gasteiger partial charge is 0.444 e. The molecule has 1 aliphatic heterocycles. The summed E-state index contributed by atoms with van der Waals surface area (Å²) in [5.41, 5.74) is -0.545. The van der Waals surface area contributed by atoms with Crippen LogP contribution in [0.2, 0.25) is 0 Å². The lowest BCUT2D eigenvalue weighted by molar-refractivity contribution is 0.0251. The third-order valence-electron chi connectivity index (χ3n) is 2.44. The van der Waals surface area contributed by atoms with Crippen LogP contribution in [-0.2, 0) is 4.74 Å². The molecule has 1 N–H and O–H groups in total. The highest BCUT2D eigenvalue weighted by molar-refractivity contribution is 5.68. The summed E-state index contributed by atoms with van der Waals surface area (Å²) in [5.74, 6) is 0. The van der Waals surface area contributed by atoms with Crippen molar-refractivity contribution in [1.29, 1.82) is 0 Å². The highest BCUT2D eigenvalue weighted by Crippen LogP contribution is 2.17. The lowest BCUT2D eigenvalue weighted by atomic mass is 10.1. The Morgan fingerprint density at radius 1 is 1.38 bits per heavy atom. The molecule has 5 heteroatoms. The van der Waals surface area contributed by atoms with Gasteiger partial charge in [-0.1, -0.05) is 0 Å². The van der Waals surface area contributed by atoms with Crippen molar-refractivity contribution in [3.8, 4) is 0 Å². The first-order valence-electron chi connectivity index (χ1n) is 5.59. The molecule has 1 heterocycles. The van der Waals surface area contributed by atoms with E-state index in [4.69, 9.17) is 4.74 Å². The van der Waals surface area contributed by atoms with E-state index >= 15 is 0 Å². The van der Waals surface area contributed by atoms with E-state index in [2.05, 4.69) is 0 Å². The molecular formula is C11H20FNO3. The monoisotopic (exact) mass is 233 g/mol. The van der Waals surface area contributed by atoms with Gasteiger partial charge in [0.25, 0.3) is 0 Å². The Morgan fingerprint density at radius 2 is 1.94 bits per heavy atom. The number of hydrogen-bond donors (Lipinski definition) is 1. The van der Waals surface area contributed by atoms with Crippen LogP contribution >= 0.6 is 0 Å². The second-order valence-electron chi connectivity index (χ2n) is 5.13. The summed E-state index contributed by atoms with van der Waals surface area (Å²) in [6.45, 7) is 6.00. The van der Waals surface area contributed by atoms with E-state index in [1.807, 2.05) is 0 Å². The van der Waals surface area contributed by atoms with Crippen molar-refractivity contribution >= 4 is 6.09 Å². The third-order valence-corrected chi connectivity index (χ3v) is 2.44. The number of halogens is 1. The van der Waals surface area contributed by atoms with Gasteiger partial charge < -0.3 is 14.7 Å². The number of amides is 1. The molecule has 0 spiro atoms. The number of likely N-dealkylation sites (tertiary alicyclic amines) is 1. The first-order valence-corrected chi connectivity index (χ1v) is 5.59. The molecule has 0 aliphatic carbocycles. The molecule has 16 heavy (non-hydrogen) atoms. The molecule has 4 nitrogen and oxygen atoms in total. The summed E-state index contributed by atoms with van der Waals surface area (Å²) in [4.78, 5) is 13.1. The maximum absolute atomic E-state index is 13.2. The van der Waals surface area contributed by atoms with Crippen molar-refractivity contribution in [2.75, 3.05) is 13.1 Å². The van der Waals surface area contributed by atoms with Crippen LogP contribution in [-0.4, -0.2) is 47.1 Å². The molecule has 0 saturated carbocycles. The van der Waals surface area contributed by atoms with Crippen LogP contribution < -0.4 is 0 Å². The number of rotatable bonds is 0. The molecule has 1 aliphatic rings. The highest BCUT2D eigenvalue weighted by atomic mass is 19.1. The van der Waals surface area contributed by atoms with Crippen molar-refractivity contribution in [1.82, 2.24) is 4.90 Å². The van der Waals surface area contributed by atoms with E-state index in [1.165, 1.54) is 4.90 Å². The maximum Gasteiger partial charge on any atom is 0.410 e. The van der Waals surface area contributed by atoms with Gasteiger partial charge in [0.05, 0.1) is 6.10 Å². The van der Waals surface area contributed by atoms with Gasteiger partial charge in [0.1, 0.15) is 11.8 Å². The van der Waals surface area contributed by atoms with Gasteiger partial charge in [-0.2, -0.15) is 0 Å². The summed E-state index contributed by atoms with van der Waals surface area (Å²) in [6.07, 6.45) is -2.21. The number of alkyl halides is 1. The zero-order valence-electron chi connectivity index (χ0n) is 10.1. The molecule has 0 aromatic carbocycles. The molecule has 0 radical (unpaired) electrons. The smallest absolute Gasteiger partial charge is 0.410 e. The van der Waals surface area contributed by atoms with Gasteiger partial charge in [-0.15, -0.1) is 0 Å². The van der Waals surface area contributed by atoms with E-state index in [9.17, 15) is 14.3 Å². The molecule has 0 aromatic rings. The number of carbonyl (C=O) groups is 1. The second kappa shape index (κ2) is 4.99. The van der Waals surface area contributed by atoms with Crippen LogP contribution in [0.25, 0.3) is 0 Å². The Hall–Kier alpha value is -0.840. The van der Waals surface area contributed by atoms with E-state index in [-0.39, 0.29) is 12.8 Å². The lowest BCUT2D eigenvalue weighted by Crippen LogP contribution is -2.37. The Balaban J connectivity index is 2.51. The Bertz CT molecular complexity index is 240. The molecule has 1 fully saturated rings. The zero-order chi connectivity index (χ0) is 12.3. The highest BCUT2D eigenvalue weighted by Gasteiger charge is 2.28. The summed E-state index contributed by atoms with van der Waals surface area (Å²) in [6, 6.07) is 0. The van der Waals surface area contributed by atoms with E-state index < -0.39 is 24.0 Å². The van der Waals surface area contributed by atoms with Gasteiger partial charge in [-0.3, -0.25) is 0 Å². The van der Waals surface area contributed by atoms with Crippen molar-refractivity contribution < 1.29 is 19.0 Å². The van der Waals surface area contributed by atoms with Crippen LogP contribution in [0.3, 0.4) is 0 Å². The topological polar surface area (TPSA) is 49.8 Å². The van der Waals surface area contributed by atoms with E-state index in [0.717, 1.165) is 0 Å². The van der Waals surface area contributed by atoms with Gasteiger partial charge >= 0.3 is 6.09 Å². The molecule has 1 rings (SSSR count). The summed E-state index contributed by atoms with van der Waals surface area (Å²) in [5, 5.41) is 9.34. The predicted octanol–water partition coefficient (Wildman–Crippen LogP) is 1.72. The average molecular weight is 233 g/mol. The number of aliphatic hydroxyl groups excluding tert-OH is 1. The molecular weight excluding hydrogens is 213 g/mol. The van der Waals surface area contributed by atoms with Crippen molar-refractivity contribution in [3.63, 3.8) is 0 Å². The first-order chi connectivity index (χ1) is 7.29. The Kier molecular flexibility index (Phi) is 4.13. The number of ether oxygens (including phenoxy) is 1. The van der Waals surface area contributed by atoms with Crippen molar-refractivity contribution in [2.45, 2.75) is 51.5 Å². The Morgan fingerprint density at radius 3 is 2.50 bits per heavy atom. The maximum atomic E-state index is 13.2. The van der Waals surface area contributed by atoms with Gasteiger partial charge in [-0.25, -0.2) is 9.18 Å². The van der Waals surface area contributed by atoms with Crippen LogP contribution in [0.5, 0.6) is 0 Å². The minimum atomic E-state index is -1.24. The number of hydrogen-bond acceptors (Lipinski definition) is 3. The van der Waals surface area contributed by atoms with E-state index in [0.29, 0.717) is 13.1 Å². The predicted molar refractivity (Wildman–Crippen MR) is 57.9 cm³/mol. The fraction of sp³-hybridized carbons (Fsp3) is 0.909. The van der Waals surface area contributed by atoms with E-state index in [1.54, 1.807) is 20.8 Å². The minimum absolute atomic E-state index is 0.167. The SMILES string of the molecule is CC(C)(C)OC(=O)N1CC[C@@H](O)[C@H](F)CC1. The van der Waals surface area contributed by atoms with Gasteiger partial charge in [-0.05, 0) is 33.6 Å². The van der Waals surface area contributed by atoms with Gasteiger partial charge in [0.2, 0.25) is 0 Å². The normalized spacial score (nSPS) is 27.4. The summed E-state index contributed by atoms with van der Waals surface area (Å²) in [7, 11) is 0. The minimum Gasteiger partial charge on any atom is -0.444 e. The molecule has 94 valence electrons. The summed E-state index contributed by atoms with van der Waals surface area (Å²) < 4.78 is 18.4. The van der Waals surface area contributed by atoms with Crippen LogP contribution in [0.1, 0.15) is 33.6 Å². The van der Waals surface area contributed by atoms with Crippen LogP contribution in [0.15, 0.2) is 0 Å². The van der Waals surface area contributed by atoms with Crippen molar-refractivity contribution in [3.05, 3.63) is 0 Å². The quantitative estimate of drug-likeness (QED) is 0.693. The molecule has 0 bridgehead atoms. The molecule has 0 unspecified atom stereocenters. The molecule has 2 atom stereocenters. The van der Waals surface area contributed by atoms with Gasteiger partial charge in [0, 0.05) is 13.1 Å². The fourth-order valence-electron chi connectivity index (χ4n) is 1.56. The number of nitrogens with zero attached hydrogens (tertiary/aromatic N) is 1. The van der Waals surface area contributed by atoms with Crippen molar-refractivity contribution in [2.24, 2.45) is 0 Å². The lowest BCUT2D eigenvalue weighted by Gasteiger charge is -2.26. The first kappa shape index (κ1) is 13.2. The third kappa shape index (κ3) is 3.96.